The average molecular weight is 374 g/mol. The number of likely N-dealkylation sites (tertiary alicyclic amines) is 2. The molecular weight excluding hydrogens is 344 g/mol. The first-order valence-corrected chi connectivity index (χ1v) is 10.3. The van der Waals surface area contributed by atoms with Gasteiger partial charge in [0.05, 0.1) is 5.41 Å². The van der Waals surface area contributed by atoms with Crippen LogP contribution in [0.25, 0.3) is 0 Å². The van der Waals surface area contributed by atoms with Crippen LogP contribution in [0.2, 0.25) is 0 Å². The second kappa shape index (κ2) is 7.66. The first kappa shape index (κ1) is 18.5. The van der Waals surface area contributed by atoms with Crippen molar-refractivity contribution in [1.29, 1.82) is 0 Å². The molecule has 0 bridgehead atoms. The standard InChI is InChI=1S/C21H30N2O4/c1-26-14-17-8-9-18(27-17)19(24)22-13-11-21(15-22)10-5-12-23(20(21)25)16-6-3-2-4-7-16/h8-9,16H,2-7,10-15H2,1H3. The average Bonchev–Trinajstić information content (AvgIpc) is 3.33. The summed E-state index contributed by atoms with van der Waals surface area (Å²) in [6.07, 6.45) is 8.74. The third kappa shape index (κ3) is 3.51. The highest BCUT2D eigenvalue weighted by atomic mass is 16.5. The summed E-state index contributed by atoms with van der Waals surface area (Å²) in [6.45, 7) is 2.39. The van der Waals surface area contributed by atoms with E-state index in [9.17, 15) is 9.59 Å². The van der Waals surface area contributed by atoms with Gasteiger partial charge in [-0.2, -0.15) is 0 Å². The van der Waals surface area contributed by atoms with E-state index in [0.29, 0.717) is 37.3 Å². The van der Waals surface area contributed by atoms with Crippen molar-refractivity contribution in [3.05, 3.63) is 23.7 Å². The van der Waals surface area contributed by atoms with Gasteiger partial charge in [0.25, 0.3) is 5.91 Å². The number of amides is 2. The fourth-order valence-electron chi connectivity index (χ4n) is 5.13. The van der Waals surface area contributed by atoms with E-state index in [1.807, 2.05) is 0 Å². The van der Waals surface area contributed by atoms with Crippen molar-refractivity contribution in [2.75, 3.05) is 26.7 Å². The number of carbonyl (C=O) groups excluding carboxylic acids is 2. The number of hydrogen-bond donors (Lipinski definition) is 0. The zero-order chi connectivity index (χ0) is 18.9. The molecule has 3 aliphatic rings. The van der Waals surface area contributed by atoms with Crippen LogP contribution in [0.1, 0.15) is 67.7 Å². The van der Waals surface area contributed by atoms with Crippen molar-refractivity contribution in [2.24, 2.45) is 5.41 Å². The van der Waals surface area contributed by atoms with Crippen molar-refractivity contribution in [3.63, 3.8) is 0 Å². The van der Waals surface area contributed by atoms with Crippen molar-refractivity contribution in [3.8, 4) is 0 Å². The molecule has 0 aromatic carbocycles. The topological polar surface area (TPSA) is 63.0 Å². The minimum Gasteiger partial charge on any atom is -0.453 e. The number of carbonyl (C=O) groups is 2. The van der Waals surface area contributed by atoms with E-state index in [-0.39, 0.29) is 17.2 Å². The highest BCUT2D eigenvalue weighted by Crippen LogP contribution is 2.42. The maximum atomic E-state index is 13.4. The maximum Gasteiger partial charge on any atom is 0.289 e. The summed E-state index contributed by atoms with van der Waals surface area (Å²) in [4.78, 5) is 30.2. The summed E-state index contributed by atoms with van der Waals surface area (Å²) in [5.74, 6) is 1.16. The molecule has 3 fully saturated rings. The molecule has 0 N–H and O–H groups in total. The lowest BCUT2D eigenvalue weighted by Crippen LogP contribution is -2.54. The molecule has 2 amide bonds. The second-order valence-corrected chi connectivity index (χ2v) is 8.35. The molecule has 6 nitrogen and oxygen atoms in total. The van der Waals surface area contributed by atoms with Gasteiger partial charge < -0.3 is 19.0 Å². The van der Waals surface area contributed by atoms with Gasteiger partial charge in [0.2, 0.25) is 5.91 Å². The van der Waals surface area contributed by atoms with Crippen LogP contribution in [-0.4, -0.2) is 54.4 Å². The minimum atomic E-state index is -0.382. The third-order valence-corrected chi connectivity index (χ3v) is 6.58. The Morgan fingerprint density at radius 1 is 1.19 bits per heavy atom. The summed E-state index contributed by atoms with van der Waals surface area (Å²) in [7, 11) is 1.60. The van der Waals surface area contributed by atoms with Gasteiger partial charge >= 0.3 is 0 Å². The molecule has 2 saturated heterocycles. The largest absolute Gasteiger partial charge is 0.453 e. The van der Waals surface area contributed by atoms with Crippen LogP contribution in [0.3, 0.4) is 0 Å². The molecule has 1 aliphatic carbocycles. The Bertz CT molecular complexity index is 694. The van der Waals surface area contributed by atoms with Crippen LogP contribution >= 0.6 is 0 Å². The van der Waals surface area contributed by atoms with Gasteiger partial charge in [-0.05, 0) is 44.2 Å². The van der Waals surface area contributed by atoms with Gasteiger partial charge in [0.1, 0.15) is 12.4 Å². The van der Waals surface area contributed by atoms with E-state index in [1.54, 1.807) is 24.1 Å². The number of rotatable bonds is 4. The molecule has 0 radical (unpaired) electrons. The first-order valence-electron chi connectivity index (χ1n) is 10.3. The molecule has 3 heterocycles. The van der Waals surface area contributed by atoms with E-state index < -0.39 is 0 Å². The Kier molecular flexibility index (Phi) is 5.26. The molecule has 1 unspecified atom stereocenters. The molecule has 1 atom stereocenters. The molecule has 2 aliphatic heterocycles. The van der Waals surface area contributed by atoms with Crippen LogP contribution in [0.15, 0.2) is 16.5 Å². The van der Waals surface area contributed by atoms with Gasteiger partial charge in [0.15, 0.2) is 5.76 Å². The van der Waals surface area contributed by atoms with Crippen molar-refractivity contribution >= 4 is 11.8 Å². The zero-order valence-electron chi connectivity index (χ0n) is 16.2. The molecule has 4 rings (SSSR count). The lowest BCUT2D eigenvalue weighted by atomic mass is 9.77. The second-order valence-electron chi connectivity index (χ2n) is 8.35. The van der Waals surface area contributed by atoms with Crippen LogP contribution < -0.4 is 0 Å². The number of ether oxygens (including phenoxy) is 1. The number of hydrogen-bond acceptors (Lipinski definition) is 4. The molecule has 148 valence electrons. The zero-order valence-corrected chi connectivity index (χ0v) is 16.2. The van der Waals surface area contributed by atoms with Gasteiger partial charge in [-0.15, -0.1) is 0 Å². The maximum absolute atomic E-state index is 13.4. The van der Waals surface area contributed by atoms with Crippen LogP contribution in [-0.2, 0) is 16.1 Å². The number of piperidine rings is 1. The molecule has 1 spiro atoms. The molecule has 6 heteroatoms. The predicted molar refractivity (Wildman–Crippen MR) is 100 cm³/mol. The summed E-state index contributed by atoms with van der Waals surface area (Å²) in [6, 6.07) is 3.90. The van der Waals surface area contributed by atoms with E-state index in [4.69, 9.17) is 9.15 Å². The highest BCUT2D eigenvalue weighted by molar-refractivity contribution is 5.93. The van der Waals surface area contributed by atoms with Gasteiger partial charge in [-0.3, -0.25) is 9.59 Å². The lowest BCUT2D eigenvalue weighted by molar-refractivity contribution is -0.149. The third-order valence-electron chi connectivity index (χ3n) is 6.58. The molecule has 1 aromatic heterocycles. The normalized spacial score (nSPS) is 26.9. The summed E-state index contributed by atoms with van der Waals surface area (Å²) >= 11 is 0. The van der Waals surface area contributed by atoms with E-state index >= 15 is 0 Å². The Morgan fingerprint density at radius 3 is 2.78 bits per heavy atom. The Labute approximate surface area is 160 Å². The molecule has 1 aromatic rings. The Morgan fingerprint density at radius 2 is 2.00 bits per heavy atom. The predicted octanol–water partition coefficient (Wildman–Crippen LogP) is 3.21. The SMILES string of the molecule is COCc1ccc(C(=O)N2CCC3(CCCN(C4CCCCC4)C3=O)C2)o1. The minimum absolute atomic E-state index is 0.114. The number of furan rings is 1. The van der Waals surface area contributed by atoms with Crippen LogP contribution in [0.4, 0.5) is 0 Å². The van der Waals surface area contributed by atoms with Crippen molar-refractivity contribution in [2.45, 2.75) is 64.0 Å². The smallest absolute Gasteiger partial charge is 0.289 e. The van der Waals surface area contributed by atoms with Gasteiger partial charge in [0, 0.05) is 32.8 Å². The Hall–Kier alpha value is -1.82. The monoisotopic (exact) mass is 374 g/mol. The van der Waals surface area contributed by atoms with E-state index in [2.05, 4.69) is 4.90 Å². The Balaban J connectivity index is 1.45. The summed E-state index contributed by atoms with van der Waals surface area (Å²) < 4.78 is 10.7. The van der Waals surface area contributed by atoms with Crippen LogP contribution in [0, 0.1) is 5.41 Å². The van der Waals surface area contributed by atoms with Crippen LogP contribution in [0.5, 0.6) is 0 Å². The summed E-state index contributed by atoms with van der Waals surface area (Å²) in [5, 5.41) is 0. The van der Waals surface area contributed by atoms with Crippen molar-refractivity contribution < 1.29 is 18.7 Å². The molecular formula is C21H30N2O4. The fraction of sp³-hybridized carbons (Fsp3) is 0.714. The quantitative estimate of drug-likeness (QED) is 0.812. The fourth-order valence-corrected chi connectivity index (χ4v) is 5.13. The number of nitrogens with zero attached hydrogens (tertiary/aromatic N) is 2. The highest BCUT2D eigenvalue weighted by Gasteiger charge is 2.50. The van der Waals surface area contributed by atoms with Crippen molar-refractivity contribution in [1.82, 2.24) is 9.80 Å². The van der Waals surface area contributed by atoms with E-state index in [0.717, 1.165) is 38.6 Å². The van der Waals surface area contributed by atoms with Gasteiger partial charge in [-0.25, -0.2) is 0 Å². The van der Waals surface area contributed by atoms with Gasteiger partial charge in [-0.1, -0.05) is 19.3 Å². The molecule has 27 heavy (non-hydrogen) atoms. The lowest BCUT2D eigenvalue weighted by Gasteiger charge is -2.44. The van der Waals surface area contributed by atoms with E-state index in [1.165, 1.54) is 19.3 Å². The molecule has 1 saturated carbocycles. The number of methoxy groups -OCH3 is 1. The summed E-state index contributed by atoms with van der Waals surface area (Å²) in [5.41, 5.74) is -0.382. The first-order chi connectivity index (χ1) is 13.1.